The van der Waals surface area contributed by atoms with Gasteiger partial charge in [-0.05, 0) is 50.5 Å². The molecule has 1 aromatic carbocycles. The van der Waals surface area contributed by atoms with Crippen LogP contribution in [-0.2, 0) is 20.9 Å². The van der Waals surface area contributed by atoms with Gasteiger partial charge in [0.25, 0.3) is 0 Å². The van der Waals surface area contributed by atoms with Crippen molar-refractivity contribution in [3.63, 3.8) is 0 Å². The zero-order valence-corrected chi connectivity index (χ0v) is 23.9. The third-order valence-corrected chi connectivity index (χ3v) is 10.1. The number of aliphatic hydroxyl groups excluding tert-OH is 1. The van der Waals surface area contributed by atoms with Gasteiger partial charge in [0.05, 0.1) is 29.2 Å². The summed E-state index contributed by atoms with van der Waals surface area (Å²) < 4.78 is -0.652. The minimum absolute atomic E-state index is 0.0129. The highest BCUT2D eigenvalue weighted by Gasteiger charge is 2.74. The molecule has 3 saturated heterocycles. The molecule has 3 N–H and O–H groups in total. The first-order valence-corrected chi connectivity index (χ1v) is 14.5. The molecule has 204 valence electrons. The fourth-order valence-corrected chi connectivity index (χ4v) is 9.38. The number of carbonyl (C=O) groups excluding carboxylic acids is 3. The second-order valence-electron chi connectivity index (χ2n) is 12.9. The minimum Gasteiger partial charge on any atom is -0.394 e. The third kappa shape index (κ3) is 5.29. The lowest BCUT2D eigenvalue weighted by Gasteiger charge is -2.40. The zero-order valence-electron chi connectivity index (χ0n) is 23.0. The Morgan fingerprint density at radius 3 is 2.43 bits per heavy atom. The van der Waals surface area contributed by atoms with E-state index in [2.05, 4.69) is 31.4 Å². The fourth-order valence-electron chi connectivity index (χ4n) is 7.17. The quantitative estimate of drug-likeness (QED) is 0.455. The summed E-state index contributed by atoms with van der Waals surface area (Å²) in [7, 11) is 0. The molecule has 3 aliphatic rings. The van der Waals surface area contributed by atoms with Crippen LogP contribution in [0.1, 0.15) is 72.8 Å². The number of aliphatic hydroxyl groups is 1. The van der Waals surface area contributed by atoms with Gasteiger partial charge in [-0.15, -0.1) is 11.8 Å². The van der Waals surface area contributed by atoms with Gasteiger partial charge >= 0.3 is 0 Å². The van der Waals surface area contributed by atoms with Crippen LogP contribution in [-0.4, -0.2) is 62.0 Å². The number of fused-ring (bicyclic) bond motifs is 1. The molecule has 3 aliphatic heterocycles. The van der Waals surface area contributed by atoms with Crippen molar-refractivity contribution >= 4 is 29.5 Å². The van der Waals surface area contributed by atoms with E-state index in [-0.39, 0.29) is 35.0 Å². The van der Waals surface area contributed by atoms with Gasteiger partial charge in [-0.3, -0.25) is 14.4 Å². The van der Waals surface area contributed by atoms with Crippen molar-refractivity contribution in [3.05, 3.63) is 35.9 Å². The summed E-state index contributed by atoms with van der Waals surface area (Å²) in [6.07, 6.45) is 2.84. The Hall–Kier alpha value is -2.06. The predicted octanol–water partition coefficient (Wildman–Crippen LogP) is 3.50. The van der Waals surface area contributed by atoms with Crippen molar-refractivity contribution in [2.24, 2.45) is 17.3 Å². The van der Waals surface area contributed by atoms with Gasteiger partial charge in [0.2, 0.25) is 17.7 Å². The molecule has 4 rings (SSSR count). The highest BCUT2D eigenvalue weighted by Crippen LogP contribution is 2.66. The van der Waals surface area contributed by atoms with Crippen LogP contribution >= 0.6 is 11.8 Å². The molecule has 3 heterocycles. The van der Waals surface area contributed by atoms with E-state index in [1.54, 1.807) is 16.7 Å². The summed E-state index contributed by atoms with van der Waals surface area (Å²) in [6.45, 7) is 12.6. The lowest BCUT2D eigenvalue weighted by Crippen LogP contribution is -2.60. The SMILES string of the molecule is CC[C@@H](CO)N1C(=O)[C@@H]2[C@H](C(=O)NCc3ccccc3)[C@@H]3CCC2(S3)C1C(=O)NC(C)(C)CC(C)(C)C. The van der Waals surface area contributed by atoms with E-state index < -0.39 is 34.2 Å². The first-order valence-electron chi connectivity index (χ1n) is 13.6. The van der Waals surface area contributed by atoms with E-state index in [0.717, 1.165) is 24.8 Å². The van der Waals surface area contributed by atoms with Gasteiger partial charge in [-0.25, -0.2) is 0 Å². The minimum atomic E-state index is -0.705. The largest absolute Gasteiger partial charge is 0.394 e. The highest BCUT2D eigenvalue weighted by atomic mass is 32.2. The summed E-state index contributed by atoms with van der Waals surface area (Å²) in [6, 6.07) is 8.58. The smallest absolute Gasteiger partial charge is 0.244 e. The van der Waals surface area contributed by atoms with Crippen LogP contribution in [0.25, 0.3) is 0 Å². The van der Waals surface area contributed by atoms with Crippen LogP contribution in [0.5, 0.6) is 0 Å². The van der Waals surface area contributed by atoms with Gasteiger partial charge in [0.1, 0.15) is 6.04 Å². The molecular formula is C29H43N3O4S. The lowest BCUT2D eigenvalue weighted by atomic mass is 9.70. The lowest BCUT2D eigenvalue weighted by molar-refractivity contribution is -0.143. The first kappa shape index (κ1) is 28.0. The molecule has 1 spiro atoms. The van der Waals surface area contributed by atoms with E-state index in [9.17, 15) is 19.5 Å². The number of hydrogen-bond acceptors (Lipinski definition) is 5. The standard InChI is InChI=1S/C29H43N3O4S/c1-7-19(16-33)32-23(25(35)31-28(5,6)17-27(2,3)4)29-14-13-20(37-29)21(22(29)26(32)36)24(34)30-15-18-11-9-8-10-12-18/h8-12,19-23,33H,7,13-17H2,1-6H3,(H,30,34)(H,31,35)/t19-,20-,21+,22-,23?,29?/m0/s1. The number of nitrogens with zero attached hydrogens (tertiary/aromatic N) is 1. The summed E-state index contributed by atoms with van der Waals surface area (Å²) >= 11 is 1.66. The number of benzene rings is 1. The molecular weight excluding hydrogens is 486 g/mol. The van der Waals surface area contributed by atoms with Crippen molar-refractivity contribution < 1.29 is 19.5 Å². The molecule has 3 amide bonds. The van der Waals surface area contributed by atoms with Gasteiger partial charge in [-0.2, -0.15) is 0 Å². The van der Waals surface area contributed by atoms with E-state index in [0.29, 0.717) is 13.0 Å². The monoisotopic (exact) mass is 529 g/mol. The second-order valence-corrected chi connectivity index (χ2v) is 14.5. The van der Waals surface area contributed by atoms with Crippen LogP contribution in [0.3, 0.4) is 0 Å². The Morgan fingerprint density at radius 2 is 1.84 bits per heavy atom. The topological polar surface area (TPSA) is 98.7 Å². The Kier molecular flexibility index (Phi) is 7.75. The number of nitrogens with one attached hydrogen (secondary N) is 2. The van der Waals surface area contributed by atoms with Gasteiger partial charge in [0, 0.05) is 17.3 Å². The summed E-state index contributed by atoms with van der Waals surface area (Å²) in [5, 5.41) is 16.5. The normalized spacial score (nSPS) is 29.8. The molecule has 0 aliphatic carbocycles. The van der Waals surface area contributed by atoms with E-state index in [1.807, 2.05) is 51.1 Å². The molecule has 8 heteroatoms. The molecule has 0 radical (unpaired) electrons. The number of amides is 3. The number of rotatable bonds is 9. The molecule has 0 aromatic heterocycles. The summed E-state index contributed by atoms with van der Waals surface area (Å²) in [5.41, 5.74) is 0.556. The first-order chi connectivity index (χ1) is 17.3. The van der Waals surface area contributed by atoms with Crippen LogP contribution < -0.4 is 10.6 Å². The van der Waals surface area contributed by atoms with Crippen molar-refractivity contribution in [3.8, 4) is 0 Å². The molecule has 7 nitrogen and oxygen atoms in total. The average molecular weight is 530 g/mol. The third-order valence-electron chi connectivity index (χ3n) is 8.11. The Bertz CT molecular complexity index is 1020. The molecule has 3 fully saturated rings. The molecule has 1 aromatic rings. The maximum absolute atomic E-state index is 14.1. The van der Waals surface area contributed by atoms with Crippen LogP contribution in [0.15, 0.2) is 30.3 Å². The number of likely N-dealkylation sites (tertiary alicyclic amines) is 1. The summed E-state index contributed by atoms with van der Waals surface area (Å²) in [4.78, 5) is 43.3. The molecule has 37 heavy (non-hydrogen) atoms. The van der Waals surface area contributed by atoms with E-state index >= 15 is 0 Å². The molecule has 2 unspecified atom stereocenters. The van der Waals surface area contributed by atoms with Crippen molar-refractivity contribution in [1.29, 1.82) is 0 Å². The van der Waals surface area contributed by atoms with Crippen LogP contribution in [0, 0.1) is 17.3 Å². The number of hydrogen-bond donors (Lipinski definition) is 3. The maximum Gasteiger partial charge on any atom is 0.244 e. The Morgan fingerprint density at radius 1 is 1.16 bits per heavy atom. The van der Waals surface area contributed by atoms with Crippen LogP contribution in [0.2, 0.25) is 0 Å². The second kappa shape index (κ2) is 10.3. The predicted molar refractivity (Wildman–Crippen MR) is 147 cm³/mol. The molecule has 6 atom stereocenters. The van der Waals surface area contributed by atoms with Crippen LogP contribution in [0.4, 0.5) is 0 Å². The molecule has 2 bridgehead atoms. The zero-order chi connectivity index (χ0) is 27.2. The maximum atomic E-state index is 14.1. The number of thioether (sulfide) groups is 1. The highest BCUT2D eigenvalue weighted by molar-refractivity contribution is 8.02. The van der Waals surface area contributed by atoms with Crippen molar-refractivity contribution in [2.75, 3.05) is 6.61 Å². The van der Waals surface area contributed by atoms with Crippen molar-refractivity contribution in [2.45, 2.75) is 101 Å². The number of carbonyl (C=O) groups is 3. The van der Waals surface area contributed by atoms with Gasteiger partial charge in [-0.1, -0.05) is 58.0 Å². The summed E-state index contributed by atoms with van der Waals surface area (Å²) in [5.74, 6) is -1.49. The Balaban J connectivity index is 1.63. The molecule has 0 saturated carbocycles. The van der Waals surface area contributed by atoms with Gasteiger partial charge in [0.15, 0.2) is 0 Å². The van der Waals surface area contributed by atoms with Crippen molar-refractivity contribution in [1.82, 2.24) is 15.5 Å². The fraction of sp³-hybridized carbons (Fsp3) is 0.690. The van der Waals surface area contributed by atoms with E-state index in [4.69, 9.17) is 0 Å². The van der Waals surface area contributed by atoms with E-state index in [1.165, 1.54) is 0 Å². The Labute approximate surface area is 225 Å². The van der Waals surface area contributed by atoms with Gasteiger partial charge < -0.3 is 20.6 Å². The average Bonchev–Trinajstić information content (AvgIpc) is 3.45.